The third-order valence-electron chi connectivity index (χ3n) is 3.91. The molecule has 0 saturated heterocycles. The van der Waals surface area contributed by atoms with E-state index in [1.165, 1.54) is 24.3 Å². The number of rotatable bonds is 3. The van der Waals surface area contributed by atoms with E-state index < -0.39 is 35.1 Å². The number of benzene rings is 1. The Hall–Kier alpha value is -3.23. The van der Waals surface area contributed by atoms with Crippen molar-refractivity contribution in [2.45, 2.75) is 12.8 Å². The zero-order valence-corrected chi connectivity index (χ0v) is 13.2. The Morgan fingerprint density at radius 3 is 2.64 bits per heavy atom. The lowest BCUT2D eigenvalue weighted by molar-refractivity contribution is -0.151. The number of carbonyl (C=O) groups excluding carboxylic acids is 2. The summed E-state index contributed by atoms with van der Waals surface area (Å²) in [5.74, 6) is -4.41. The average molecular weight is 346 g/mol. The number of hydrogen-bond donors (Lipinski definition) is 3. The lowest BCUT2D eigenvalue weighted by atomic mass is 9.78. The number of carbonyl (C=O) groups is 2. The van der Waals surface area contributed by atoms with Crippen LogP contribution in [-0.4, -0.2) is 28.5 Å². The number of ether oxygens (including phenoxy) is 1. The van der Waals surface area contributed by atoms with Crippen molar-refractivity contribution in [1.82, 2.24) is 9.97 Å². The number of nitrogens with zero attached hydrogens (tertiary/aromatic N) is 1. The lowest BCUT2D eigenvalue weighted by Crippen LogP contribution is -2.43. The van der Waals surface area contributed by atoms with Crippen molar-refractivity contribution >= 4 is 23.6 Å². The molecule has 1 aliphatic heterocycles. The molecule has 2 aromatic rings. The normalized spacial score (nSPS) is 19.0. The summed E-state index contributed by atoms with van der Waals surface area (Å²) in [5.41, 5.74) is 5.40. The average Bonchev–Trinajstić information content (AvgIpc) is 2.54. The summed E-state index contributed by atoms with van der Waals surface area (Å²) in [6.45, 7) is 1.68. The van der Waals surface area contributed by atoms with Crippen LogP contribution >= 0.6 is 0 Å². The van der Waals surface area contributed by atoms with Crippen LogP contribution in [0, 0.1) is 11.7 Å². The summed E-state index contributed by atoms with van der Waals surface area (Å²) >= 11 is 0. The Labute approximate surface area is 141 Å². The van der Waals surface area contributed by atoms with Gasteiger partial charge in [-0.15, -0.1) is 0 Å². The number of nitrogens with one attached hydrogen (secondary N) is 2. The molecule has 9 heteroatoms. The van der Waals surface area contributed by atoms with E-state index in [1.54, 1.807) is 6.92 Å². The highest BCUT2D eigenvalue weighted by Gasteiger charge is 2.45. The molecule has 0 fully saturated rings. The smallest absolute Gasteiger partial charge is 0.319 e. The second-order valence-corrected chi connectivity index (χ2v) is 5.46. The van der Waals surface area contributed by atoms with Gasteiger partial charge >= 0.3 is 5.97 Å². The fraction of sp³-hybridized carbons (Fsp3) is 0.250. The maximum absolute atomic E-state index is 13.3. The number of esters is 1. The molecule has 1 amide bonds. The molecule has 4 N–H and O–H groups in total. The second kappa shape index (κ2) is 6.34. The number of aromatic amines is 1. The molecule has 8 nitrogen and oxygen atoms in total. The molecule has 0 aliphatic carbocycles. The largest absolute Gasteiger partial charge is 0.465 e. The van der Waals surface area contributed by atoms with Gasteiger partial charge in [-0.3, -0.25) is 19.4 Å². The second-order valence-electron chi connectivity index (χ2n) is 5.46. The fourth-order valence-electron chi connectivity index (χ4n) is 2.90. The monoisotopic (exact) mass is 346 g/mol. The molecule has 3 rings (SSSR count). The number of H-pyrrole nitrogens is 1. The van der Waals surface area contributed by atoms with E-state index in [0.717, 1.165) is 0 Å². The zero-order valence-electron chi connectivity index (χ0n) is 13.2. The number of fused-ring (bicyclic) bond motifs is 1. The van der Waals surface area contributed by atoms with Crippen molar-refractivity contribution in [2.24, 2.45) is 5.92 Å². The van der Waals surface area contributed by atoms with E-state index in [-0.39, 0.29) is 23.9 Å². The van der Waals surface area contributed by atoms with Gasteiger partial charge in [0.2, 0.25) is 11.9 Å². The molecule has 2 atom stereocenters. The van der Waals surface area contributed by atoms with Crippen LogP contribution in [0.2, 0.25) is 0 Å². The van der Waals surface area contributed by atoms with Gasteiger partial charge in [0, 0.05) is 5.92 Å². The summed E-state index contributed by atoms with van der Waals surface area (Å²) in [6, 6.07) is 5.18. The van der Waals surface area contributed by atoms with Crippen molar-refractivity contribution in [3.05, 3.63) is 51.6 Å². The molecule has 0 bridgehead atoms. The first-order chi connectivity index (χ1) is 11.9. The Bertz CT molecular complexity index is 894. The number of aromatic nitrogens is 2. The molecule has 1 aromatic carbocycles. The standard InChI is InChI=1S/C16H15FN4O4/c1-2-25-15(24)11-9(7-3-5-8(17)6-4-7)10-12(19-14(11)23)20-16(18)21-13(10)22/h3-6,9,11H,2H2,1H3,(H4,18,19,20,21,22,23)/t9-,11-/m1/s1. The quantitative estimate of drug-likeness (QED) is 0.556. The summed E-state index contributed by atoms with van der Waals surface area (Å²) in [6.07, 6.45) is 0. The van der Waals surface area contributed by atoms with E-state index >= 15 is 0 Å². The Balaban J connectivity index is 2.22. The number of nitrogen functional groups attached to an aromatic ring is 1. The lowest BCUT2D eigenvalue weighted by Gasteiger charge is -2.30. The highest BCUT2D eigenvalue weighted by molar-refractivity contribution is 6.08. The minimum atomic E-state index is -1.30. The summed E-state index contributed by atoms with van der Waals surface area (Å²) in [4.78, 5) is 43.5. The molecule has 25 heavy (non-hydrogen) atoms. The van der Waals surface area contributed by atoms with Gasteiger partial charge in [-0.05, 0) is 24.6 Å². The van der Waals surface area contributed by atoms with Gasteiger partial charge < -0.3 is 15.8 Å². The number of halogens is 1. The molecule has 2 heterocycles. The third kappa shape index (κ3) is 2.95. The molecule has 0 saturated carbocycles. The van der Waals surface area contributed by atoms with Crippen LogP contribution in [-0.2, 0) is 14.3 Å². The van der Waals surface area contributed by atoms with Gasteiger partial charge in [-0.25, -0.2) is 4.39 Å². The number of nitrogens with two attached hydrogens (primary N) is 1. The van der Waals surface area contributed by atoms with Gasteiger partial charge in [0.1, 0.15) is 17.6 Å². The topological polar surface area (TPSA) is 127 Å². The number of amides is 1. The van der Waals surface area contributed by atoms with Crippen molar-refractivity contribution < 1.29 is 18.7 Å². The van der Waals surface area contributed by atoms with E-state index in [9.17, 15) is 18.8 Å². The van der Waals surface area contributed by atoms with Crippen molar-refractivity contribution in [3.8, 4) is 0 Å². The van der Waals surface area contributed by atoms with Crippen LogP contribution < -0.4 is 16.6 Å². The van der Waals surface area contributed by atoms with E-state index in [4.69, 9.17) is 10.5 Å². The molecule has 0 spiro atoms. The van der Waals surface area contributed by atoms with Crippen molar-refractivity contribution in [1.29, 1.82) is 0 Å². The molecule has 0 radical (unpaired) electrons. The first kappa shape index (κ1) is 16.6. The minimum Gasteiger partial charge on any atom is -0.465 e. The Morgan fingerprint density at radius 1 is 1.32 bits per heavy atom. The molecule has 1 aliphatic rings. The third-order valence-corrected chi connectivity index (χ3v) is 3.91. The van der Waals surface area contributed by atoms with Crippen LogP contribution in [0.5, 0.6) is 0 Å². The van der Waals surface area contributed by atoms with Crippen LogP contribution in [0.25, 0.3) is 0 Å². The van der Waals surface area contributed by atoms with Crippen molar-refractivity contribution in [3.63, 3.8) is 0 Å². The maximum atomic E-state index is 13.3. The predicted molar refractivity (Wildman–Crippen MR) is 86.3 cm³/mol. The molecule has 1 aromatic heterocycles. The van der Waals surface area contributed by atoms with Gasteiger partial charge in [0.05, 0.1) is 12.2 Å². The maximum Gasteiger partial charge on any atom is 0.319 e. The van der Waals surface area contributed by atoms with E-state index in [0.29, 0.717) is 5.56 Å². The Kier molecular flexibility index (Phi) is 4.22. The highest BCUT2D eigenvalue weighted by atomic mass is 19.1. The number of hydrogen-bond acceptors (Lipinski definition) is 6. The zero-order chi connectivity index (χ0) is 18.1. The van der Waals surface area contributed by atoms with Crippen LogP contribution in [0.15, 0.2) is 29.1 Å². The van der Waals surface area contributed by atoms with Crippen LogP contribution in [0.1, 0.15) is 24.0 Å². The molecular weight excluding hydrogens is 331 g/mol. The predicted octanol–water partition coefficient (Wildman–Crippen LogP) is 0.755. The van der Waals surface area contributed by atoms with Gasteiger partial charge in [0.25, 0.3) is 5.56 Å². The first-order valence-corrected chi connectivity index (χ1v) is 7.55. The summed E-state index contributed by atoms with van der Waals surface area (Å²) in [5, 5.41) is 2.42. The van der Waals surface area contributed by atoms with E-state index in [1.807, 2.05) is 0 Å². The molecule has 0 unspecified atom stereocenters. The number of anilines is 2. The highest BCUT2D eigenvalue weighted by Crippen LogP contribution is 2.38. The minimum absolute atomic E-state index is 0.0267. The van der Waals surface area contributed by atoms with Crippen molar-refractivity contribution in [2.75, 3.05) is 17.7 Å². The SMILES string of the molecule is CCOC(=O)[C@H]1C(=O)Nc2nc(N)[nH]c(=O)c2[C@H]1c1ccc(F)cc1. The van der Waals surface area contributed by atoms with E-state index in [2.05, 4.69) is 15.3 Å². The van der Waals surface area contributed by atoms with Crippen LogP contribution in [0.3, 0.4) is 0 Å². The Morgan fingerprint density at radius 2 is 2.00 bits per heavy atom. The van der Waals surface area contributed by atoms with Gasteiger partial charge in [-0.1, -0.05) is 12.1 Å². The van der Waals surface area contributed by atoms with Crippen LogP contribution in [0.4, 0.5) is 16.2 Å². The summed E-state index contributed by atoms with van der Waals surface area (Å²) < 4.78 is 18.2. The van der Waals surface area contributed by atoms with Gasteiger partial charge in [-0.2, -0.15) is 4.98 Å². The van der Waals surface area contributed by atoms with Gasteiger partial charge in [0.15, 0.2) is 0 Å². The first-order valence-electron chi connectivity index (χ1n) is 7.55. The fourth-order valence-corrected chi connectivity index (χ4v) is 2.90. The summed E-state index contributed by atoms with van der Waals surface area (Å²) in [7, 11) is 0. The molecule has 130 valence electrons. The molecular formula is C16H15FN4O4.